The highest BCUT2D eigenvalue weighted by Crippen LogP contribution is 2.09. The summed E-state index contributed by atoms with van der Waals surface area (Å²) in [7, 11) is 1.19. The van der Waals surface area contributed by atoms with Crippen LogP contribution in [0, 0.1) is 0 Å². The number of ether oxygens (including phenoxy) is 1. The number of amides is 1. The molecule has 1 aromatic rings. The van der Waals surface area contributed by atoms with Gasteiger partial charge in [0, 0.05) is 11.0 Å². The Hall–Kier alpha value is -1.66. The summed E-state index contributed by atoms with van der Waals surface area (Å²) in [5, 5.41) is 13.1. The fourth-order valence-corrected chi connectivity index (χ4v) is 1.70. The Kier molecular flexibility index (Phi) is 5.38. The van der Waals surface area contributed by atoms with E-state index in [1.807, 2.05) is 17.5 Å². The number of hydrogen-bond donors (Lipinski definition) is 2. The van der Waals surface area contributed by atoms with E-state index in [4.69, 9.17) is 5.11 Å². The van der Waals surface area contributed by atoms with E-state index in [9.17, 15) is 9.59 Å². The molecule has 1 atom stereocenters. The first kappa shape index (κ1) is 13.4. The molecule has 0 unspecified atom stereocenters. The van der Waals surface area contributed by atoms with Crippen LogP contribution in [0.25, 0.3) is 6.08 Å². The fraction of sp³-hybridized carbons (Fsp3) is 0.273. The molecule has 1 amide bonds. The minimum atomic E-state index is -1.03. The Bertz CT molecular complexity index is 400. The first-order chi connectivity index (χ1) is 8.17. The van der Waals surface area contributed by atoms with Gasteiger partial charge in [0.2, 0.25) is 5.91 Å². The Morgan fingerprint density at radius 1 is 1.65 bits per heavy atom. The maximum Gasteiger partial charge on any atom is 0.330 e. The van der Waals surface area contributed by atoms with Gasteiger partial charge >= 0.3 is 5.97 Å². The zero-order valence-electron chi connectivity index (χ0n) is 9.25. The second-order valence-electron chi connectivity index (χ2n) is 3.12. The zero-order chi connectivity index (χ0) is 12.7. The minimum absolute atomic E-state index is 0.456. The molecule has 0 aliphatic heterocycles. The molecule has 17 heavy (non-hydrogen) atoms. The van der Waals surface area contributed by atoms with Crippen LogP contribution in [-0.4, -0.2) is 36.7 Å². The third kappa shape index (κ3) is 4.38. The first-order valence-electron chi connectivity index (χ1n) is 4.88. The summed E-state index contributed by atoms with van der Waals surface area (Å²) in [5.41, 5.74) is 0. The Balaban J connectivity index is 2.51. The van der Waals surface area contributed by atoms with Gasteiger partial charge in [0.05, 0.1) is 13.7 Å². The van der Waals surface area contributed by atoms with Gasteiger partial charge in [0.25, 0.3) is 0 Å². The van der Waals surface area contributed by atoms with Crippen molar-refractivity contribution in [3.63, 3.8) is 0 Å². The van der Waals surface area contributed by atoms with Crippen molar-refractivity contribution in [2.45, 2.75) is 6.04 Å². The molecule has 5 nitrogen and oxygen atoms in total. The second-order valence-corrected chi connectivity index (χ2v) is 4.09. The van der Waals surface area contributed by atoms with Gasteiger partial charge in [-0.25, -0.2) is 4.79 Å². The van der Waals surface area contributed by atoms with Gasteiger partial charge in [-0.15, -0.1) is 11.3 Å². The highest BCUT2D eigenvalue weighted by atomic mass is 32.1. The Morgan fingerprint density at radius 3 is 2.94 bits per heavy atom. The van der Waals surface area contributed by atoms with Gasteiger partial charge in [0.15, 0.2) is 6.04 Å². The van der Waals surface area contributed by atoms with Gasteiger partial charge in [-0.05, 0) is 17.5 Å². The molecule has 0 saturated heterocycles. The third-order valence-electron chi connectivity index (χ3n) is 1.93. The largest absolute Gasteiger partial charge is 0.467 e. The van der Waals surface area contributed by atoms with E-state index in [1.54, 1.807) is 6.08 Å². The van der Waals surface area contributed by atoms with E-state index in [1.165, 1.54) is 24.5 Å². The molecule has 0 radical (unpaired) electrons. The molecule has 0 aliphatic carbocycles. The van der Waals surface area contributed by atoms with Crippen molar-refractivity contribution in [2.24, 2.45) is 0 Å². The van der Waals surface area contributed by atoms with Crippen LogP contribution in [0.1, 0.15) is 4.88 Å². The van der Waals surface area contributed by atoms with Crippen molar-refractivity contribution in [1.29, 1.82) is 0 Å². The lowest BCUT2D eigenvalue weighted by Gasteiger charge is -2.11. The van der Waals surface area contributed by atoms with Gasteiger partial charge in [0.1, 0.15) is 0 Å². The van der Waals surface area contributed by atoms with Crippen LogP contribution in [0.3, 0.4) is 0 Å². The second kappa shape index (κ2) is 6.82. The fourth-order valence-electron chi connectivity index (χ4n) is 1.09. The molecule has 0 spiro atoms. The monoisotopic (exact) mass is 255 g/mol. The minimum Gasteiger partial charge on any atom is -0.467 e. The van der Waals surface area contributed by atoms with Crippen molar-refractivity contribution >= 4 is 29.3 Å². The molecule has 1 rings (SSSR count). The number of carbonyl (C=O) groups is 2. The summed E-state index contributed by atoms with van der Waals surface area (Å²) in [5.74, 6) is -1.13. The van der Waals surface area contributed by atoms with E-state index in [-0.39, 0.29) is 0 Å². The molecular formula is C11H13NO4S. The number of thiophene rings is 1. The smallest absolute Gasteiger partial charge is 0.330 e. The van der Waals surface area contributed by atoms with Crippen molar-refractivity contribution in [3.05, 3.63) is 28.5 Å². The van der Waals surface area contributed by atoms with Gasteiger partial charge in [-0.2, -0.15) is 0 Å². The van der Waals surface area contributed by atoms with E-state index in [0.29, 0.717) is 0 Å². The number of esters is 1. The maximum absolute atomic E-state index is 11.4. The molecule has 0 fully saturated rings. The lowest BCUT2D eigenvalue weighted by atomic mass is 10.3. The van der Waals surface area contributed by atoms with Crippen molar-refractivity contribution < 1.29 is 19.4 Å². The van der Waals surface area contributed by atoms with E-state index in [2.05, 4.69) is 10.1 Å². The third-order valence-corrected chi connectivity index (χ3v) is 2.76. The molecule has 2 N–H and O–H groups in total. The molecule has 0 aliphatic rings. The molecule has 1 heterocycles. The quantitative estimate of drug-likeness (QED) is 0.590. The average Bonchev–Trinajstić information content (AvgIpc) is 2.85. The maximum atomic E-state index is 11.4. The lowest BCUT2D eigenvalue weighted by molar-refractivity contribution is -0.145. The van der Waals surface area contributed by atoms with Crippen molar-refractivity contribution in [2.75, 3.05) is 13.7 Å². The standard InChI is InChI=1S/C11H13NO4S/c1-16-11(15)9(7-13)12-10(14)5-4-8-3-2-6-17-8/h2-6,9,13H,7H2,1H3,(H,12,14)/b5-4+/t9-/m1/s1. The number of nitrogens with one attached hydrogen (secondary N) is 1. The molecule has 6 heteroatoms. The molecule has 92 valence electrons. The summed E-state index contributed by atoms with van der Waals surface area (Å²) in [4.78, 5) is 23.4. The summed E-state index contributed by atoms with van der Waals surface area (Å²) in [6, 6.07) is 2.70. The topological polar surface area (TPSA) is 75.6 Å². The van der Waals surface area contributed by atoms with Crippen molar-refractivity contribution in [3.8, 4) is 0 Å². The van der Waals surface area contributed by atoms with E-state index >= 15 is 0 Å². The summed E-state index contributed by atoms with van der Waals surface area (Å²) >= 11 is 1.49. The number of aliphatic hydroxyl groups excluding tert-OH is 1. The van der Waals surface area contributed by atoms with E-state index < -0.39 is 24.5 Å². The summed E-state index contributed by atoms with van der Waals surface area (Å²) < 4.78 is 4.42. The molecule has 0 bridgehead atoms. The average molecular weight is 255 g/mol. The zero-order valence-corrected chi connectivity index (χ0v) is 10.1. The van der Waals surface area contributed by atoms with Crippen LogP contribution >= 0.6 is 11.3 Å². The van der Waals surface area contributed by atoms with E-state index in [0.717, 1.165) is 4.88 Å². The first-order valence-corrected chi connectivity index (χ1v) is 5.76. The van der Waals surface area contributed by atoms with Gasteiger partial charge in [-0.1, -0.05) is 6.07 Å². The normalized spacial score (nSPS) is 12.4. The Labute approximate surface area is 103 Å². The van der Waals surface area contributed by atoms with Crippen LogP contribution in [0.5, 0.6) is 0 Å². The predicted molar refractivity (Wildman–Crippen MR) is 64.4 cm³/mol. The molecule has 0 aromatic carbocycles. The Morgan fingerprint density at radius 2 is 2.41 bits per heavy atom. The van der Waals surface area contributed by atoms with Crippen LogP contribution < -0.4 is 5.32 Å². The van der Waals surface area contributed by atoms with Crippen LogP contribution in [0.4, 0.5) is 0 Å². The molecule has 1 aromatic heterocycles. The SMILES string of the molecule is COC(=O)[C@@H](CO)NC(=O)/C=C/c1cccs1. The number of hydrogen-bond acceptors (Lipinski definition) is 5. The summed E-state index contributed by atoms with van der Waals surface area (Å²) in [6.07, 6.45) is 2.93. The van der Waals surface area contributed by atoms with Crippen LogP contribution in [-0.2, 0) is 14.3 Å². The van der Waals surface area contributed by atoms with Gasteiger partial charge in [-0.3, -0.25) is 4.79 Å². The molecule has 0 saturated carbocycles. The van der Waals surface area contributed by atoms with Crippen molar-refractivity contribution in [1.82, 2.24) is 5.32 Å². The molecular weight excluding hydrogens is 242 g/mol. The van der Waals surface area contributed by atoms with Crippen LogP contribution in [0.2, 0.25) is 0 Å². The highest BCUT2D eigenvalue weighted by molar-refractivity contribution is 7.10. The lowest BCUT2D eigenvalue weighted by Crippen LogP contribution is -2.43. The van der Waals surface area contributed by atoms with Gasteiger partial charge < -0.3 is 15.2 Å². The highest BCUT2D eigenvalue weighted by Gasteiger charge is 2.18. The predicted octanol–water partition coefficient (Wildman–Crippen LogP) is 0.411. The number of carbonyl (C=O) groups excluding carboxylic acids is 2. The number of rotatable bonds is 5. The number of aliphatic hydroxyl groups is 1. The summed E-state index contributed by atoms with van der Waals surface area (Å²) in [6.45, 7) is -0.495. The van der Waals surface area contributed by atoms with Crippen LogP contribution in [0.15, 0.2) is 23.6 Å². The number of methoxy groups -OCH3 is 1.